The van der Waals surface area contributed by atoms with Crippen LogP contribution in [0.15, 0.2) is 18.2 Å². The van der Waals surface area contributed by atoms with Gasteiger partial charge in [0.1, 0.15) is 0 Å². The Morgan fingerprint density at radius 1 is 1.05 bits per heavy atom. The second-order valence-corrected chi connectivity index (χ2v) is 6.04. The molecule has 0 saturated heterocycles. The topological polar surface area (TPSA) is 61.3 Å². The number of aryl methyl sites for hydroxylation is 1. The zero-order valence-electron chi connectivity index (χ0n) is 12.5. The summed E-state index contributed by atoms with van der Waals surface area (Å²) in [7, 11) is 6.59. The summed E-state index contributed by atoms with van der Waals surface area (Å²) >= 11 is 0. The van der Waals surface area contributed by atoms with Gasteiger partial charge in [-0.25, -0.2) is 0 Å². The first-order chi connectivity index (χ1) is 8.88. The predicted octanol–water partition coefficient (Wildman–Crippen LogP) is 1.90. The van der Waals surface area contributed by atoms with Gasteiger partial charge in [0.05, 0.1) is 34.3 Å². The van der Waals surface area contributed by atoms with E-state index in [9.17, 15) is 0 Å². The lowest BCUT2D eigenvalue weighted by molar-refractivity contribution is -0.870. The van der Waals surface area contributed by atoms with Gasteiger partial charge < -0.3 is 20.7 Å². The summed E-state index contributed by atoms with van der Waals surface area (Å²) in [5.74, 6) is 0. The zero-order chi connectivity index (χ0) is 14.3. The molecule has 108 valence electrons. The van der Waals surface area contributed by atoms with Crippen molar-refractivity contribution < 1.29 is 9.22 Å². The first kappa shape index (κ1) is 15.8. The summed E-state index contributed by atoms with van der Waals surface area (Å²) in [5.41, 5.74) is 14.4. The van der Waals surface area contributed by atoms with Crippen LogP contribution in [0.25, 0.3) is 0 Å². The predicted molar refractivity (Wildman–Crippen MR) is 81.9 cm³/mol. The van der Waals surface area contributed by atoms with Crippen molar-refractivity contribution >= 4 is 11.4 Å². The van der Waals surface area contributed by atoms with Gasteiger partial charge in [-0.1, -0.05) is 0 Å². The summed E-state index contributed by atoms with van der Waals surface area (Å²) in [6.07, 6.45) is 3.01. The number of rotatable bonds is 8. The second kappa shape index (κ2) is 7.36. The van der Waals surface area contributed by atoms with Gasteiger partial charge in [-0.3, -0.25) is 0 Å². The third-order valence-corrected chi connectivity index (χ3v) is 3.02. The van der Waals surface area contributed by atoms with Crippen LogP contribution >= 0.6 is 0 Å². The van der Waals surface area contributed by atoms with Crippen LogP contribution in [0.5, 0.6) is 0 Å². The molecule has 4 nitrogen and oxygen atoms in total. The van der Waals surface area contributed by atoms with Crippen LogP contribution in [0.3, 0.4) is 0 Å². The van der Waals surface area contributed by atoms with Crippen LogP contribution in [0.2, 0.25) is 0 Å². The number of nitrogen functional groups attached to an aromatic ring is 2. The normalized spacial score (nSPS) is 11.7. The molecule has 0 atom stereocenters. The van der Waals surface area contributed by atoms with Crippen molar-refractivity contribution in [3.63, 3.8) is 0 Å². The number of benzene rings is 1. The number of nitrogens with two attached hydrogens (primary N) is 2. The minimum atomic E-state index is 0.771. The standard InChI is InChI=1S/C15H28N3O/c1-18(2,3)9-5-11-19-10-4-6-13-12-14(16)7-8-15(13)17/h7-8,12H,4-6,9-11,16-17H2,1-3H3/q+1. The molecule has 0 heterocycles. The third-order valence-electron chi connectivity index (χ3n) is 3.02. The lowest BCUT2D eigenvalue weighted by Gasteiger charge is -2.23. The highest BCUT2D eigenvalue weighted by Crippen LogP contribution is 2.17. The van der Waals surface area contributed by atoms with Crippen LogP contribution in [0.4, 0.5) is 11.4 Å². The van der Waals surface area contributed by atoms with Crippen molar-refractivity contribution in [2.24, 2.45) is 0 Å². The number of hydrogen-bond donors (Lipinski definition) is 2. The minimum absolute atomic E-state index is 0.771. The van der Waals surface area contributed by atoms with Crippen LogP contribution in [0, 0.1) is 0 Å². The van der Waals surface area contributed by atoms with Gasteiger partial charge in [0.2, 0.25) is 0 Å². The molecular weight excluding hydrogens is 238 g/mol. The quantitative estimate of drug-likeness (QED) is 0.429. The highest BCUT2D eigenvalue weighted by Gasteiger charge is 2.05. The Kier molecular flexibility index (Phi) is 6.12. The monoisotopic (exact) mass is 266 g/mol. The van der Waals surface area contributed by atoms with Crippen LogP contribution < -0.4 is 11.5 Å². The smallest absolute Gasteiger partial charge is 0.0802 e. The second-order valence-electron chi connectivity index (χ2n) is 6.04. The summed E-state index contributed by atoms with van der Waals surface area (Å²) < 4.78 is 6.63. The highest BCUT2D eigenvalue weighted by molar-refractivity contribution is 5.55. The first-order valence-corrected chi connectivity index (χ1v) is 6.90. The molecule has 0 unspecified atom stereocenters. The van der Waals surface area contributed by atoms with Gasteiger partial charge in [0, 0.05) is 24.4 Å². The Morgan fingerprint density at radius 2 is 1.74 bits per heavy atom. The number of quaternary nitrogens is 1. The molecule has 0 aliphatic carbocycles. The largest absolute Gasteiger partial charge is 0.399 e. The third kappa shape index (κ3) is 7.03. The van der Waals surface area contributed by atoms with E-state index in [-0.39, 0.29) is 0 Å². The van der Waals surface area contributed by atoms with Gasteiger partial charge in [0.25, 0.3) is 0 Å². The maximum atomic E-state index is 5.90. The van der Waals surface area contributed by atoms with E-state index in [1.807, 2.05) is 18.2 Å². The van der Waals surface area contributed by atoms with Gasteiger partial charge in [0.15, 0.2) is 0 Å². The van der Waals surface area contributed by atoms with E-state index in [0.29, 0.717) is 0 Å². The molecule has 0 saturated carbocycles. The summed E-state index contributed by atoms with van der Waals surface area (Å²) in [4.78, 5) is 0. The van der Waals surface area contributed by atoms with Crippen molar-refractivity contribution in [1.82, 2.24) is 0 Å². The molecular formula is C15H28N3O+. The van der Waals surface area contributed by atoms with Crippen LogP contribution in [-0.4, -0.2) is 45.4 Å². The lowest BCUT2D eigenvalue weighted by atomic mass is 10.1. The zero-order valence-corrected chi connectivity index (χ0v) is 12.5. The average Bonchev–Trinajstić information content (AvgIpc) is 2.31. The molecule has 0 aromatic heterocycles. The van der Waals surface area contributed by atoms with Crippen LogP contribution in [0.1, 0.15) is 18.4 Å². The van der Waals surface area contributed by atoms with E-state index in [1.54, 1.807) is 0 Å². The van der Waals surface area contributed by atoms with E-state index >= 15 is 0 Å². The molecule has 1 aromatic carbocycles. The molecule has 1 aromatic rings. The van der Waals surface area contributed by atoms with Crippen molar-refractivity contribution in [2.45, 2.75) is 19.3 Å². The SMILES string of the molecule is C[N+](C)(C)CCCOCCCc1cc(N)ccc1N. The fourth-order valence-corrected chi connectivity index (χ4v) is 1.95. The molecule has 0 fully saturated rings. The fourth-order valence-electron chi connectivity index (χ4n) is 1.95. The number of nitrogens with zero attached hydrogens (tertiary/aromatic N) is 1. The fraction of sp³-hybridized carbons (Fsp3) is 0.600. The molecule has 1 rings (SSSR count). The van der Waals surface area contributed by atoms with E-state index < -0.39 is 0 Å². The maximum Gasteiger partial charge on any atom is 0.0802 e. The van der Waals surface area contributed by atoms with E-state index in [1.165, 1.54) is 0 Å². The molecule has 0 spiro atoms. The lowest BCUT2D eigenvalue weighted by Crippen LogP contribution is -2.35. The molecule has 4 N–H and O–H groups in total. The van der Waals surface area contributed by atoms with E-state index in [2.05, 4.69) is 21.1 Å². The minimum Gasteiger partial charge on any atom is -0.399 e. The first-order valence-electron chi connectivity index (χ1n) is 6.90. The molecule has 19 heavy (non-hydrogen) atoms. The molecule has 0 aliphatic heterocycles. The Morgan fingerprint density at radius 3 is 2.42 bits per heavy atom. The molecule has 0 bridgehead atoms. The molecule has 4 heteroatoms. The van der Waals surface area contributed by atoms with Gasteiger partial charge in [-0.2, -0.15) is 0 Å². The summed E-state index contributed by atoms with van der Waals surface area (Å²) in [6, 6.07) is 5.65. The Balaban J connectivity index is 2.12. The Labute approximate surface area is 116 Å². The molecule has 0 aliphatic rings. The van der Waals surface area contributed by atoms with Crippen molar-refractivity contribution in [1.29, 1.82) is 0 Å². The summed E-state index contributed by atoms with van der Waals surface area (Å²) in [6.45, 7) is 2.76. The highest BCUT2D eigenvalue weighted by atomic mass is 16.5. The van der Waals surface area contributed by atoms with Gasteiger partial charge in [-0.15, -0.1) is 0 Å². The summed E-state index contributed by atoms with van der Waals surface area (Å²) in [5, 5.41) is 0. The van der Waals surface area contributed by atoms with Gasteiger partial charge in [-0.05, 0) is 36.6 Å². The molecule has 0 amide bonds. The van der Waals surface area contributed by atoms with Crippen molar-refractivity contribution in [3.05, 3.63) is 23.8 Å². The number of ether oxygens (including phenoxy) is 1. The van der Waals surface area contributed by atoms with Crippen molar-refractivity contribution in [3.8, 4) is 0 Å². The Hall–Kier alpha value is -1.26. The van der Waals surface area contributed by atoms with Crippen LogP contribution in [-0.2, 0) is 11.2 Å². The Bertz CT molecular complexity index is 385. The number of anilines is 2. The van der Waals surface area contributed by atoms with E-state index in [0.717, 1.165) is 60.4 Å². The maximum absolute atomic E-state index is 5.90. The van der Waals surface area contributed by atoms with E-state index in [4.69, 9.17) is 16.2 Å². The van der Waals surface area contributed by atoms with Crippen molar-refractivity contribution in [2.75, 3.05) is 52.4 Å². The molecule has 0 radical (unpaired) electrons. The number of hydrogen-bond acceptors (Lipinski definition) is 3. The van der Waals surface area contributed by atoms with Gasteiger partial charge >= 0.3 is 0 Å². The average molecular weight is 266 g/mol.